The van der Waals surface area contributed by atoms with Crippen LogP contribution in [-0.2, 0) is 20.0 Å². The summed E-state index contributed by atoms with van der Waals surface area (Å²) in [5.74, 6) is 0. The third kappa shape index (κ3) is 4.16. The van der Waals surface area contributed by atoms with Crippen LogP contribution in [0.3, 0.4) is 0 Å². The van der Waals surface area contributed by atoms with Gasteiger partial charge in [0.25, 0.3) is 0 Å². The second-order valence-electron chi connectivity index (χ2n) is 5.13. The lowest BCUT2D eigenvalue weighted by Gasteiger charge is -2.30. The molecule has 0 aliphatic carbocycles. The molecule has 1 saturated heterocycles. The minimum atomic E-state index is -3.63. The molecule has 0 aromatic heterocycles. The van der Waals surface area contributed by atoms with Crippen LogP contribution >= 0.6 is 0 Å². The zero-order valence-electron chi connectivity index (χ0n) is 11.7. The zero-order chi connectivity index (χ0) is 15.7. The van der Waals surface area contributed by atoms with Crippen molar-refractivity contribution >= 4 is 25.7 Å². The summed E-state index contributed by atoms with van der Waals surface area (Å²) in [5.41, 5.74) is 5.97. The van der Waals surface area contributed by atoms with Gasteiger partial charge in [0, 0.05) is 24.8 Å². The highest BCUT2D eigenvalue weighted by atomic mass is 32.2. The highest BCUT2D eigenvalue weighted by Crippen LogP contribution is 2.17. The molecule has 0 saturated carbocycles. The van der Waals surface area contributed by atoms with Crippen LogP contribution in [0.4, 0.5) is 5.69 Å². The molecule has 0 amide bonds. The molecule has 118 valence electrons. The van der Waals surface area contributed by atoms with Gasteiger partial charge in [-0.2, -0.15) is 0 Å². The number of nitrogens with one attached hydrogen (secondary N) is 1. The molecule has 3 N–H and O–H groups in total. The summed E-state index contributed by atoms with van der Waals surface area (Å²) < 4.78 is 51.3. The molecule has 1 aliphatic heterocycles. The van der Waals surface area contributed by atoms with Crippen molar-refractivity contribution in [2.75, 3.05) is 25.1 Å². The van der Waals surface area contributed by atoms with E-state index in [9.17, 15) is 16.8 Å². The predicted octanol–water partition coefficient (Wildman–Crippen LogP) is -0.0289. The zero-order valence-corrected chi connectivity index (χ0v) is 13.3. The molecule has 0 atom stereocenters. The summed E-state index contributed by atoms with van der Waals surface area (Å²) in [6.45, 7) is 0.645. The van der Waals surface area contributed by atoms with Gasteiger partial charge in [-0.3, -0.25) is 0 Å². The number of benzene rings is 1. The second-order valence-corrected chi connectivity index (χ2v) is 8.83. The van der Waals surface area contributed by atoms with E-state index in [-0.39, 0.29) is 10.9 Å². The van der Waals surface area contributed by atoms with E-state index >= 15 is 0 Å². The van der Waals surface area contributed by atoms with Gasteiger partial charge in [-0.1, -0.05) is 6.07 Å². The Balaban J connectivity index is 2.03. The van der Waals surface area contributed by atoms with Crippen molar-refractivity contribution in [3.8, 4) is 0 Å². The van der Waals surface area contributed by atoms with Crippen LogP contribution < -0.4 is 10.5 Å². The van der Waals surface area contributed by atoms with Crippen LogP contribution in [0.2, 0.25) is 0 Å². The number of sulfonamides is 2. The number of nitrogens with zero attached hydrogens (tertiary/aromatic N) is 1. The van der Waals surface area contributed by atoms with Crippen molar-refractivity contribution in [2.24, 2.45) is 0 Å². The van der Waals surface area contributed by atoms with Gasteiger partial charge in [-0.05, 0) is 31.0 Å². The Kier molecular flexibility index (Phi) is 4.57. The van der Waals surface area contributed by atoms with E-state index in [0.29, 0.717) is 31.6 Å². The lowest BCUT2D eigenvalue weighted by atomic mass is 10.1. The first-order valence-electron chi connectivity index (χ1n) is 6.51. The van der Waals surface area contributed by atoms with E-state index < -0.39 is 20.0 Å². The molecule has 1 aromatic rings. The number of hydrogen-bond donors (Lipinski definition) is 2. The molecule has 0 spiro atoms. The minimum Gasteiger partial charge on any atom is -0.399 e. The molecule has 0 radical (unpaired) electrons. The number of hydrogen-bond acceptors (Lipinski definition) is 5. The number of rotatable bonds is 4. The fraction of sp³-hybridized carbons (Fsp3) is 0.500. The molecule has 1 fully saturated rings. The van der Waals surface area contributed by atoms with E-state index in [0.717, 1.165) is 6.26 Å². The van der Waals surface area contributed by atoms with Gasteiger partial charge in [0.15, 0.2) is 0 Å². The van der Waals surface area contributed by atoms with E-state index in [2.05, 4.69) is 4.72 Å². The third-order valence-electron chi connectivity index (χ3n) is 3.41. The van der Waals surface area contributed by atoms with Gasteiger partial charge >= 0.3 is 0 Å². The van der Waals surface area contributed by atoms with Gasteiger partial charge in [-0.15, -0.1) is 0 Å². The van der Waals surface area contributed by atoms with Crippen molar-refractivity contribution in [1.82, 2.24) is 9.03 Å². The molecule has 2 rings (SSSR count). The largest absolute Gasteiger partial charge is 0.399 e. The molecule has 9 heteroatoms. The van der Waals surface area contributed by atoms with Crippen molar-refractivity contribution < 1.29 is 16.8 Å². The topological polar surface area (TPSA) is 110 Å². The molecule has 1 heterocycles. The predicted molar refractivity (Wildman–Crippen MR) is 80.6 cm³/mol. The van der Waals surface area contributed by atoms with E-state index in [1.54, 1.807) is 12.1 Å². The van der Waals surface area contributed by atoms with Crippen molar-refractivity contribution in [3.05, 3.63) is 24.3 Å². The summed E-state index contributed by atoms with van der Waals surface area (Å²) >= 11 is 0. The summed E-state index contributed by atoms with van der Waals surface area (Å²) in [4.78, 5) is 0.119. The Labute approximate surface area is 125 Å². The molecule has 0 bridgehead atoms. The number of nitrogen functional groups attached to an aromatic ring is 1. The van der Waals surface area contributed by atoms with Gasteiger partial charge in [0.2, 0.25) is 20.0 Å². The summed E-state index contributed by atoms with van der Waals surface area (Å²) in [7, 11) is -6.84. The fourth-order valence-electron chi connectivity index (χ4n) is 2.27. The average Bonchev–Trinajstić information content (AvgIpc) is 2.38. The summed E-state index contributed by atoms with van der Waals surface area (Å²) in [5, 5.41) is 0. The maximum absolute atomic E-state index is 12.2. The molecular formula is C12H19N3O4S2. The van der Waals surface area contributed by atoms with Crippen molar-refractivity contribution in [3.63, 3.8) is 0 Å². The summed E-state index contributed by atoms with van der Waals surface area (Å²) in [6.07, 6.45) is 2.06. The Bertz CT molecular complexity index is 708. The molecule has 1 aliphatic rings. The molecule has 21 heavy (non-hydrogen) atoms. The Hall–Kier alpha value is -1.16. The van der Waals surface area contributed by atoms with Crippen LogP contribution in [0.1, 0.15) is 12.8 Å². The monoisotopic (exact) mass is 333 g/mol. The van der Waals surface area contributed by atoms with E-state index in [4.69, 9.17) is 5.73 Å². The van der Waals surface area contributed by atoms with Crippen LogP contribution in [0, 0.1) is 0 Å². The normalized spacial score (nSPS) is 18.7. The standard InChI is InChI=1S/C12H19N3O4S2/c1-20(16,17)15-7-5-11(6-8-15)14-21(18,19)12-4-2-3-10(13)9-12/h2-4,9,11,14H,5-8,13H2,1H3. The SMILES string of the molecule is CS(=O)(=O)N1CCC(NS(=O)(=O)c2cccc(N)c2)CC1. The van der Waals surface area contributed by atoms with Crippen LogP contribution in [0.15, 0.2) is 29.2 Å². The summed E-state index contributed by atoms with van der Waals surface area (Å²) in [6, 6.07) is 5.80. The number of piperidine rings is 1. The van der Waals surface area contributed by atoms with Crippen molar-refractivity contribution in [1.29, 1.82) is 0 Å². The van der Waals surface area contributed by atoms with Crippen LogP contribution in [0.25, 0.3) is 0 Å². The Morgan fingerprint density at radius 1 is 1.19 bits per heavy atom. The van der Waals surface area contributed by atoms with Crippen LogP contribution in [-0.4, -0.2) is 46.5 Å². The highest BCUT2D eigenvalue weighted by molar-refractivity contribution is 7.89. The maximum atomic E-state index is 12.2. The molecule has 7 nitrogen and oxygen atoms in total. The van der Waals surface area contributed by atoms with Gasteiger partial charge in [0.1, 0.15) is 0 Å². The Morgan fingerprint density at radius 3 is 2.33 bits per heavy atom. The third-order valence-corrected chi connectivity index (χ3v) is 6.23. The molecule has 1 aromatic carbocycles. The molecule has 0 unspecified atom stereocenters. The highest BCUT2D eigenvalue weighted by Gasteiger charge is 2.28. The smallest absolute Gasteiger partial charge is 0.240 e. The maximum Gasteiger partial charge on any atom is 0.240 e. The Morgan fingerprint density at radius 2 is 1.81 bits per heavy atom. The van der Waals surface area contributed by atoms with Gasteiger partial charge in [-0.25, -0.2) is 25.9 Å². The van der Waals surface area contributed by atoms with Crippen LogP contribution in [0.5, 0.6) is 0 Å². The van der Waals surface area contributed by atoms with E-state index in [1.165, 1.54) is 16.4 Å². The van der Waals surface area contributed by atoms with E-state index in [1.807, 2.05) is 0 Å². The van der Waals surface area contributed by atoms with Crippen molar-refractivity contribution in [2.45, 2.75) is 23.8 Å². The lowest BCUT2D eigenvalue weighted by molar-refractivity contribution is 0.310. The van der Waals surface area contributed by atoms with Gasteiger partial charge < -0.3 is 5.73 Å². The van der Waals surface area contributed by atoms with Gasteiger partial charge in [0.05, 0.1) is 11.2 Å². The second kappa shape index (κ2) is 5.91. The number of anilines is 1. The molecular weight excluding hydrogens is 314 g/mol. The minimum absolute atomic E-state index is 0.119. The lowest BCUT2D eigenvalue weighted by Crippen LogP contribution is -2.46. The first-order valence-corrected chi connectivity index (χ1v) is 9.84. The number of nitrogens with two attached hydrogens (primary N) is 1. The first kappa shape index (κ1) is 16.2. The fourth-order valence-corrected chi connectivity index (χ4v) is 4.51. The average molecular weight is 333 g/mol. The first-order chi connectivity index (χ1) is 9.68. The quantitative estimate of drug-likeness (QED) is 0.752.